The molecule has 3 rings (SSSR count). The monoisotopic (exact) mass is 406 g/mol. The first-order valence-corrected chi connectivity index (χ1v) is 11.1. The van der Waals surface area contributed by atoms with Gasteiger partial charge in [-0.1, -0.05) is 11.8 Å². The van der Waals surface area contributed by atoms with E-state index in [9.17, 15) is 9.59 Å². The van der Waals surface area contributed by atoms with Crippen LogP contribution < -0.4 is 11.0 Å². The Morgan fingerprint density at radius 2 is 2.00 bits per heavy atom. The van der Waals surface area contributed by atoms with Crippen molar-refractivity contribution >= 4 is 29.0 Å². The molecule has 0 radical (unpaired) electrons. The maximum atomic E-state index is 12.3. The molecule has 1 aliphatic rings. The van der Waals surface area contributed by atoms with E-state index >= 15 is 0 Å². The Hall–Kier alpha value is -1.67. The fourth-order valence-corrected chi connectivity index (χ4v) is 5.80. The van der Waals surface area contributed by atoms with Gasteiger partial charge < -0.3 is 10.3 Å². The Balaban J connectivity index is 1.42. The largest absolute Gasteiger partial charge is 0.353 e. The minimum absolute atomic E-state index is 0.0756. The van der Waals surface area contributed by atoms with Crippen LogP contribution in [-0.2, 0) is 11.2 Å². The lowest BCUT2D eigenvalue weighted by molar-refractivity contribution is -0.121. The summed E-state index contributed by atoms with van der Waals surface area (Å²) < 4.78 is 1.15. The molecule has 8 heteroatoms. The third-order valence-corrected chi connectivity index (χ3v) is 7.39. The number of amides is 1. The molecule has 2 heterocycles. The van der Waals surface area contributed by atoms with Gasteiger partial charge in [0.1, 0.15) is 4.34 Å². The highest BCUT2D eigenvalue weighted by Gasteiger charge is 2.24. The number of aromatic amines is 1. The number of rotatable bonds is 6. The van der Waals surface area contributed by atoms with E-state index < -0.39 is 0 Å². The van der Waals surface area contributed by atoms with E-state index in [0.717, 1.165) is 47.0 Å². The number of thiazole rings is 1. The second kappa shape index (κ2) is 9.01. The van der Waals surface area contributed by atoms with Crippen molar-refractivity contribution in [3.63, 3.8) is 0 Å². The topological polar surface area (TPSA) is 87.7 Å². The number of carbonyl (C=O) groups is 1. The molecule has 0 unspecified atom stereocenters. The number of hydrogen-bond donors (Lipinski definition) is 2. The van der Waals surface area contributed by atoms with Crippen molar-refractivity contribution in [1.29, 1.82) is 0 Å². The third-order valence-electron chi connectivity index (χ3n) is 4.96. The second-order valence-electron chi connectivity index (χ2n) is 7.14. The summed E-state index contributed by atoms with van der Waals surface area (Å²) in [5, 5.41) is 5.87. The number of aryl methyl sites for hydroxylation is 3. The van der Waals surface area contributed by atoms with Crippen LogP contribution in [0.1, 0.15) is 54.7 Å². The molecule has 2 N–H and O–H groups in total. The fourth-order valence-electron chi connectivity index (χ4n) is 3.52. The molecule has 146 valence electrons. The second-order valence-corrected chi connectivity index (χ2v) is 9.55. The molecule has 6 nitrogen and oxygen atoms in total. The molecule has 0 aliphatic heterocycles. The zero-order valence-corrected chi connectivity index (χ0v) is 17.6. The zero-order valence-electron chi connectivity index (χ0n) is 16.0. The number of nitrogens with one attached hydrogen (secondary N) is 2. The van der Waals surface area contributed by atoms with Gasteiger partial charge in [-0.25, -0.2) is 9.78 Å². The van der Waals surface area contributed by atoms with E-state index in [0.29, 0.717) is 23.8 Å². The molecule has 2 aromatic rings. The van der Waals surface area contributed by atoms with E-state index in [2.05, 4.69) is 25.6 Å². The van der Waals surface area contributed by atoms with Crippen LogP contribution >= 0.6 is 23.1 Å². The molecule has 0 spiro atoms. The summed E-state index contributed by atoms with van der Waals surface area (Å²) in [6, 6.07) is 0.267. The number of aromatic nitrogens is 3. The van der Waals surface area contributed by atoms with Crippen molar-refractivity contribution in [2.75, 3.05) is 0 Å². The van der Waals surface area contributed by atoms with E-state index in [1.807, 2.05) is 32.5 Å². The number of thioether (sulfide) groups is 1. The van der Waals surface area contributed by atoms with Crippen molar-refractivity contribution in [3.05, 3.63) is 38.5 Å². The predicted molar refractivity (Wildman–Crippen MR) is 110 cm³/mol. The normalized spacial score (nSPS) is 19.8. The highest BCUT2D eigenvalue weighted by Crippen LogP contribution is 2.35. The smallest absolute Gasteiger partial charge is 0.345 e. The Morgan fingerprint density at radius 1 is 1.26 bits per heavy atom. The molecule has 27 heavy (non-hydrogen) atoms. The van der Waals surface area contributed by atoms with Crippen LogP contribution in [0.15, 0.2) is 14.5 Å². The Bertz CT molecular complexity index is 827. The average Bonchev–Trinajstić information content (AvgIpc) is 3.00. The van der Waals surface area contributed by atoms with Gasteiger partial charge in [0, 0.05) is 40.2 Å². The summed E-state index contributed by atoms with van der Waals surface area (Å²) in [6.45, 7) is 5.70. The van der Waals surface area contributed by atoms with Gasteiger partial charge in [0.15, 0.2) is 0 Å². The summed E-state index contributed by atoms with van der Waals surface area (Å²) in [6.07, 6.45) is 5.27. The highest BCUT2D eigenvalue weighted by atomic mass is 32.2. The van der Waals surface area contributed by atoms with Gasteiger partial charge in [0.05, 0.1) is 0 Å². The van der Waals surface area contributed by atoms with Crippen LogP contribution in [0, 0.1) is 20.8 Å². The summed E-state index contributed by atoms with van der Waals surface area (Å²) >= 11 is 3.59. The Labute approximate surface area is 167 Å². The molecule has 1 saturated carbocycles. The first-order chi connectivity index (χ1) is 12.9. The fraction of sp³-hybridized carbons (Fsp3) is 0.579. The lowest BCUT2D eigenvalue weighted by Gasteiger charge is -2.28. The van der Waals surface area contributed by atoms with E-state index in [1.165, 1.54) is 0 Å². The molecular weight excluding hydrogens is 380 g/mol. The van der Waals surface area contributed by atoms with Crippen molar-refractivity contribution in [2.45, 2.75) is 74.9 Å². The number of H-pyrrole nitrogens is 1. The quantitative estimate of drug-likeness (QED) is 0.768. The lowest BCUT2D eigenvalue weighted by Crippen LogP contribution is -2.38. The molecule has 2 aromatic heterocycles. The van der Waals surface area contributed by atoms with Crippen LogP contribution in [0.3, 0.4) is 0 Å². The van der Waals surface area contributed by atoms with Crippen molar-refractivity contribution in [2.24, 2.45) is 0 Å². The molecular formula is C19H26N4O2S2. The van der Waals surface area contributed by atoms with Crippen LogP contribution in [0.2, 0.25) is 0 Å². The van der Waals surface area contributed by atoms with Crippen LogP contribution in [0.5, 0.6) is 0 Å². The number of carbonyl (C=O) groups excluding carboxylic acids is 1. The van der Waals surface area contributed by atoms with Crippen molar-refractivity contribution < 1.29 is 4.79 Å². The van der Waals surface area contributed by atoms with Crippen LogP contribution in [-0.4, -0.2) is 32.2 Å². The predicted octanol–water partition coefficient (Wildman–Crippen LogP) is 3.30. The first-order valence-electron chi connectivity index (χ1n) is 9.35. The molecule has 0 atom stereocenters. The lowest BCUT2D eigenvalue weighted by atomic mass is 9.94. The Morgan fingerprint density at radius 3 is 2.63 bits per heavy atom. The van der Waals surface area contributed by atoms with Gasteiger partial charge in [-0.15, -0.1) is 11.3 Å². The molecule has 0 saturated heterocycles. The van der Waals surface area contributed by atoms with Gasteiger partial charge >= 0.3 is 5.69 Å². The minimum atomic E-state index is -0.333. The van der Waals surface area contributed by atoms with Crippen molar-refractivity contribution in [1.82, 2.24) is 20.3 Å². The maximum Gasteiger partial charge on any atom is 0.345 e. The van der Waals surface area contributed by atoms with Gasteiger partial charge in [-0.3, -0.25) is 4.79 Å². The Kier molecular flexibility index (Phi) is 6.70. The van der Waals surface area contributed by atoms with E-state index in [4.69, 9.17) is 0 Å². The van der Waals surface area contributed by atoms with Gasteiger partial charge in [0.2, 0.25) is 5.91 Å². The summed E-state index contributed by atoms with van der Waals surface area (Å²) in [5.74, 6) is 0.0756. The van der Waals surface area contributed by atoms with E-state index in [-0.39, 0.29) is 17.6 Å². The van der Waals surface area contributed by atoms with Gasteiger partial charge in [-0.2, -0.15) is 4.98 Å². The molecule has 1 amide bonds. The molecule has 1 fully saturated rings. The highest BCUT2D eigenvalue weighted by molar-refractivity contribution is 8.01. The number of nitrogens with zero attached hydrogens (tertiary/aromatic N) is 2. The SMILES string of the molecule is Cc1csc(SC2CCC(NC(=O)CCc3c(C)nc(=O)[nH]c3C)CC2)n1. The van der Waals surface area contributed by atoms with Crippen LogP contribution in [0.4, 0.5) is 0 Å². The number of hydrogen-bond acceptors (Lipinski definition) is 6. The standard InChI is InChI=1S/C19H26N4O2S2/c1-11-10-26-19(20-11)27-15-6-4-14(5-7-15)23-17(24)9-8-16-12(2)21-18(25)22-13(16)3/h10,14-15H,4-9H2,1-3H3,(H,23,24)(H,21,22,25). The maximum absolute atomic E-state index is 12.3. The minimum Gasteiger partial charge on any atom is -0.353 e. The summed E-state index contributed by atoms with van der Waals surface area (Å²) in [7, 11) is 0. The first kappa shape index (κ1) is 20.1. The summed E-state index contributed by atoms with van der Waals surface area (Å²) in [5.41, 5.74) is 3.23. The zero-order chi connectivity index (χ0) is 19.4. The van der Waals surface area contributed by atoms with Gasteiger partial charge in [0.25, 0.3) is 0 Å². The third kappa shape index (κ3) is 5.65. The molecule has 0 aromatic carbocycles. The molecule has 0 bridgehead atoms. The summed E-state index contributed by atoms with van der Waals surface area (Å²) in [4.78, 5) is 34.8. The van der Waals surface area contributed by atoms with Crippen molar-refractivity contribution in [3.8, 4) is 0 Å². The van der Waals surface area contributed by atoms with Crippen LogP contribution in [0.25, 0.3) is 0 Å². The molecule has 1 aliphatic carbocycles. The van der Waals surface area contributed by atoms with Gasteiger partial charge in [-0.05, 0) is 58.4 Å². The average molecular weight is 407 g/mol. The van der Waals surface area contributed by atoms with E-state index in [1.54, 1.807) is 11.3 Å².